The fraction of sp³-hybridized carbons (Fsp3) is 0.227. The van der Waals surface area contributed by atoms with E-state index in [1.165, 1.54) is 30.3 Å². The minimum absolute atomic E-state index is 0.0592. The molecule has 4 rings (SSSR count). The van der Waals surface area contributed by atoms with E-state index >= 15 is 0 Å². The number of ether oxygens (including phenoxy) is 2. The van der Waals surface area contributed by atoms with E-state index in [-0.39, 0.29) is 23.6 Å². The maximum atomic E-state index is 13.7. The number of hydrogen-bond acceptors (Lipinski definition) is 5. The number of anilines is 2. The number of nitrogens with one attached hydrogen (secondary N) is 1. The van der Waals surface area contributed by atoms with Crippen LogP contribution in [0.15, 0.2) is 54.1 Å². The first-order valence-electron chi connectivity index (χ1n) is 9.61. The van der Waals surface area contributed by atoms with Crippen LogP contribution >= 0.6 is 0 Å². The van der Waals surface area contributed by atoms with Crippen molar-refractivity contribution in [2.45, 2.75) is 18.6 Å². The quantitative estimate of drug-likeness (QED) is 0.732. The van der Waals surface area contributed by atoms with Crippen LogP contribution in [-0.2, 0) is 19.1 Å². The van der Waals surface area contributed by atoms with Gasteiger partial charge in [0.15, 0.2) is 6.61 Å². The van der Waals surface area contributed by atoms with Crippen molar-refractivity contribution in [3.05, 3.63) is 59.7 Å². The van der Waals surface area contributed by atoms with Gasteiger partial charge in [-0.15, -0.1) is 0 Å². The summed E-state index contributed by atoms with van der Waals surface area (Å²) in [6.45, 7) is -1.03. The van der Waals surface area contributed by atoms with Gasteiger partial charge in [-0.1, -0.05) is 30.3 Å². The summed E-state index contributed by atoms with van der Waals surface area (Å²) >= 11 is 0. The highest BCUT2D eigenvalue weighted by atomic mass is 19.4. The Hall–Kier alpha value is -3.82. The van der Waals surface area contributed by atoms with E-state index in [0.717, 1.165) is 0 Å². The Morgan fingerprint density at radius 1 is 1.12 bits per heavy atom. The number of nitrogens with zero attached hydrogens (tertiary/aromatic N) is 1. The SMILES string of the molecule is O=C1CC(C(F)(F)F)N(C(=O)COC(=O)C2=Cc3ccccc3OC2)c2ccccc2N1. The molecule has 1 unspecified atom stereocenters. The molecule has 7 nitrogen and oxygen atoms in total. The normalized spacial score (nSPS) is 17.7. The van der Waals surface area contributed by atoms with Crippen LogP contribution in [0.1, 0.15) is 12.0 Å². The highest BCUT2D eigenvalue weighted by Gasteiger charge is 2.49. The molecule has 2 amide bonds. The number of benzene rings is 2. The number of fused-ring (bicyclic) bond motifs is 2. The molecule has 2 heterocycles. The van der Waals surface area contributed by atoms with Crippen LogP contribution in [0.25, 0.3) is 6.08 Å². The van der Waals surface area contributed by atoms with Gasteiger partial charge < -0.3 is 14.8 Å². The number of amides is 2. The molecular weight excluding hydrogens is 429 g/mol. The van der Waals surface area contributed by atoms with Gasteiger partial charge in [-0.05, 0) is 24.3 Å². The van der Waals surface area contributed by atoms with Crippen molar-refractivity contribution in [1.82, 2.24) is 0 Å². The summed E-state index contributed by atoms with van der Waals surface area (Å²) in [6.07, 6.45) is -4.32. The maximum Gasteiger partial charge on any atom is 0.409 e. The fourth-order valence-corrected chi connectivity index (χ4v) is 3.52. The van der Waals surface area contributed by atoms with Crippen LogP contribution < -0.4 is 15.0 Å². The van der Waals surface area contributed by atoms with Gasteiger partial charge in [-0.2, -0.15) is 13.2 Å². The highest BCUT2D eigenvalue weighted by Crippen LogP contribution is 2.37. The summed E-state index contributed by atoms with van der Waals surface area (Å²) in [5.74, 6) is -2.29. The molecule has 10 heteroatoms. The number of hydrogen-bond donors (Lipinski definition) is 1. The van der Waals surface area contributed by atoms with Gasteiger partial charge in [0.25, 0.3) is 5.91 Å². The Morgan fingerprint density at radius 2 is 1.84 bits per heavy atom. The van der Waals surface area contributed by atoms with Gasteiger partial charge in [-0.25, -0.2) is 4.79 Å². The second-order valence-electron chi connectivity index (χ2n) is 7.16. The number of para-hydroxylation sites is 3. The smallest absolute Gasteiger partial charge is 0.409 e. The molecule has 0 saturated heterocycles. The number of esters is 1. The molecule has 166 valence electrons. The molecule has 2 aliphatic heterocycles. The predicted octanol–water partition coefficient (Wildman–Crippen LogP) is 3.31. The van der Waals surface area contributed by atoms with Crippen LogP contribution in [-0.4, -0.2) is 43.2 Å². The van der Waals surface area contributed by atoms with E-state index in [1.54, 1.807) is 24.3 Å². The van der Waals surface area contributed by atoms with Crippen molar-refractivity contribution in [2.24, 2.45) is 0 Å². The standard InChI is InChI=1S/C22H17F3N2O5/c23-22(24,25)18-10-19(28)26-15-6-2-3-7-16(15)27(18)20(29)12-32-21(30)14-9-13-5-1-4-8-17(13)31-11-14/h1-9,18H,10-12H2,(H,26,28). The minimum Gasteiger partial charge on any atom is -0.488 e. The molecule has 0 radical (unpaired) electrons. The lowest BCUT2D eigenvalue weighted by Crippen LogP contribution is -2.51. The molecule has 0 aliphatic carbocycles. The zero-order valence-electron chi connectivity index (χ0n) is 16.5. The molecule has 0 aromatic heterocycles. The monoisotopic (exact) mass is 446 g/mol. The third-order valence-electron chi connectivity index (χ3n) is 5.00. The average Bonchev–Trinajstić information content (AvgIpc) is 2.92. The van der Waals surface area contributed by atoms with E-state index in [1.807, 2.05) is 0 Å². The summed E-state index contributed by atoms with van der Waals surface area (Å²) in [4.78, 5) is 37.7. The second kappa shape index (κ2) is 8.37. The summed E-state index contributed by atoms with van der Waals surface area (Å²) in [5.41, 5.74) is 0.692. The van der Waals surface area contributed by atoms with Gasteiger partial charge in [0.2, 0.25) is 5.91 Å². The van der Waals surface area contributed by atoms with Gasteiger partial charge in [0, 0.05) is 5.56 Å². The van der Waals surface area contributed by atoms with Crippen molar-refractivity contribution in [2.75, 3.05) is 23.4 Å². The zero-order chi connectivity index (χ0) is 22.9. The van der Waals surface area contributed by atoms with Crippen molar-refractivity contribution in [1.29, 1.82) is 0 Å². The van der Waals surface area contributed by atoms with E-state index in [9.17, 15) is 27.6 Å². The molecule has 0 bridgehead atoms. The maximum absolute atomic E-state index is 13.7. The molecule has 2 aliphatic rings. The lowest BCUT2D eigenvalue weighted by molar-refractivity contribution is -0.159. The van der Waals surface area contributed by atoms with Crippen LogP contribution in [0.3, 0.4) is 0 Å². The van der Waals surface area contributed by atoms with Crippen molar-refractivity contribution < 1.29 is 37.0 Å². The Kier molecular flexibility index (Phi) is 5.60. The molecule has 0 saturated carbocycles. The van der Waals surface area contributed by atoms with Crippen molar-refractivity contribution >= 4 is 35.2 Å². The number of halogens is 3. The summed E-state index contributed by atoms with van der Waals surface area (Å²) in [5, 5.41) is 2.37. The molecule has 1 atom stereocenters. The van der Waals surface area contributed by atoms with E-state index in [2.05, 4.69) is 5.32 Å². The summed E-state index contributed by atoms with van der Waals surface area (Å²) in [6, 6.07) is 10.2. The third kappa shape index (κ3) is 4.29. The van der Waals surface area contributed by atoms with Crippen LogP contribution in [0.4, 0.5) is 24.5 Å². The largest absolute Gasteiger partial charge is 0.488 e. The highest BCUT2D eigenvalue weighted by molar-refractivity contribution is 6.05. The van der Waals surface area contributed by atoms with E-state index in [4.69, 9.17) is 9.47 Å². The Bertz CT molecular complexity index is 1110. The predicted molar refractivity (Wildman–Crippen MR) is 108 cm³/mol. The second-order valence-corrected chi connectivity index (χ2v) is 7.16. The van der Waals surface area contributed by atoms with Crippen molar-refractivity contribution in [3.8, 4) is 5.75 Å². The van der Waals surface area contributed by atoms with Gasteiger partial charge >= 0.3 is 12.1 Å². The van der Waals surface area contributed by atoms with Crippen LogP contribution in [0.5, 0.6) is 5.75 Å². The Labute approximate surface area is 180 Å². The third-order valence-corrected chi connectivity index (χ3v) is 5.00. The molecule has 2 aromatic carbocycles. The molecule has 1 N–H and O–H groups in total. The summed E-state index contributed by atoms with van der Waals surface area (Å²) in [7, 11) is 0. The fourth-order valence-electron chi connectivity index (χ4n) is 3.52. The number of rotatable bonds is 3. The number of carbonyl (C=O) groups excluding carboxylic acids is 3. The van der Waals surface area contributed by atoms with Gasteiger partial charge in [-0.3, -0.25) is 14.5 Å². The first-order valence-corrected chi connectivity index (χ1v) is 9.61. The molecule has 0 fully saturated rings. The Morgan fingerprint density at radius 3 is 2.62 bits per heavy atom. The topological polar surface area (TPSA) is 84.9 Å². The lowest BCUT2D eigenvalue weighted by atomic mass is 10.1. The molecule has 32 heavy (non-hydrogen) atoms. The number of carbonyl (C=O) groups is 3. The molecular formula is C22H17F3N2O5. The lowest BCUT2D eigenvalue weighted by Gasteiger charge is -2.31. The molecule has 0 spiro atoms. The summed E-state index contributed by atoms with van der Waals surface area (Å²) < 4.78 is 51.6. The Balaban J connectivity index is 1.55. The van der Waals surface area contributed by atoms with E-state index in [0.29, 0.717) is 16.2 Å². The first-order chi connectivity index (χ1) is 15.2. The van der Waals surface area contributed by atoms with Gasteiger partial charge in [0.1, 0.15) is 18.4 Å². The first kappa shape index (κ1) is 21.4. The number of alkyl halides is 3. The van der Waals surface area contributed by atoms with E-state index < -0.39 is 43.0 Å². The van der Waals surface area contributed by atoms with Crippen LogP contribution in [0.2, 0.25) is 0 Å². The average molecular weight is 446 g/mol. The van der Waals surface area contributed by atoms with Gasteiger partial charge in [0.05, 0.1) is 23.4 Å². The minimum atomic E-state index is -4.88. The van der Waals surface area contributed by atoms with Crippen LogP contribution in [0, 0.1) is 0 Å². The molecule has 2 aromatic rings. The van der Waals surface area contributed by atoms with Crippen molar-refractivity contribution in [3.63, 3.8) is 0 Å². The zero-order valence-corrected chi connectivity index (χ0v) is 16.5.